The molecule has 0 N–H and O–H groups in total. The number of rotatable bonds is 9. The Hall–Kier alpha value is 0.500. The number of unbranched alkanes of at least 4 members (excludes halogenated alkanes) is 1. The van der Waals surface area contributed by atoms with Crippen LogP contribution in [0.2, 0.25) is 0 Å². The SMILES string of the molecule is ClCCOCCCCOCCCl. The molecule has 12 heavy (non-hydrogen) atoms. The number of ether oxygens (including phenoxy) is 2. The van der Waals surface area contributed by atoms with Gasteiger partial charge in [0.05, 0.1) is 13.2 Å². The predicted octanol–water partition coefficient (Wildman–Crippen LogP) is 2.28. The van der Waals surface area contributed by atoms with Crippen LogP contribution in [0.4, 0.5) is 0 Å². The normalized spacial score (nSPS) is 10.5. The summed E-state index contributed by atoms with van der Waals surface area (Å²) in [5, 5.41) is 0. The monoisotopic (exact) mass is 214 g/mol. The van der Waals surface area contributed by atoms with Gasteiger partial charge < -0.3 is 9.47 Å². The molecule has 74 valence electrons. The van der Waals surface area contributed by atoms with Gasteiger partial charge in [-0.2, -0.15) is 0 Å². The minimum absolute atomic E-state index is 0.572. The first-order valence-electron chi connectivity index (χ1n) is 4.19. The Labute approximate surface area is 84.1 Å². The van der Waals surface area contributed by atoms with E-state index in [0.29, 0.717) is 25.0 Å². The molecule has 0 aromatic heterocycles. The first-order valence-corrected chi connectivity index (χ1v) is 5.26. The molecule has 0 bridgehead atoms. The molecule has 0 aliphatic rings. The molecule has 0 aromatic rings. The van der Waals surface area contributed by atoms with Crippen molar-refractivity contribution in [2.45, 2.75) is 12.8 Å². The number of alkyl halides is 2. The molecule has 4 heteroatoms. The summed E-state index contributed by atoms with van der Waals surface area (Å²) in [6.07, 6.45) is 2.05. The third-order valence-corrected chi connectivity index (χ3v) is 1.58. The topological polar surface area (TPSA) is 18.5 Å². The third-order valence-electron chi connectivity index (χ3n) is 1.27. The van der Waals surface area contributed by atoms with Crippen molar-refractivity contribution >= 4 is 23.2 Å². The minimum Gasteiger partial charge on any atom is -0.380 e. The zero-order chi connectivity index (χ0) is 9.07. The van der Waals surface area contributed by atoms with Crippen LogP contribution in [-0.2, 0) is 9.47 Å². The van der Waals surface area contributed by atoms with Gasteiger partial charge in [0.15, 0.2) is 0 Å². The van der Waals surface area contributed by atoms with Crippen LogP contribution in [0.15, 0.2) is 0 Å². The van der Waals surface area contributed by atoms with Crippen molar-refractivity contribution in [2.75, 3.05) is 38.2 Å². The van der Waals surface area contributed by atoms with Crippen molar-refractivity contribution in [2.24, 2.45) is 0 Å². The van der Waals surface area contributed by atoms with E-state index in [4.69, 9.17) is 32.7 Å². The Bertz CT molecular complexity index is 71.5. The molecule has 0 saturated carbocycles. The Morgan fingerprint density at radius 2 is 1.08 bits per heavy atom. The molecule has 0 aliphatic carbocycles. The maximum atomic E-state index is 5.42. The molecule has 0 radical (unpaired) electrons. The van der Waals surface area contributed by atoms with E-state index in [1.54, 1.807) is 0 Å². The average Bonchev–Trinajstić information content (AvgIpc) is 2.10. The lowest BCUT2D eigenvalue weighted by atomic mass is 10.3. The number of hydrogen-bond acceptors (Lipinski definition) is 2. The van der Waals surface area contributed by atoms with Gasteiger partial charge in [0.25, 0.3) is 0 Å². The molecule has 0 saturated heterocycles. The quantitative estimate of drug-likeness (QED) is 0.434. The summed E-state index contributed by atoms with van der Waals surface area (Å²) in [4.78, 5) is 0. The van der Waals surface area contributed by atoms with Crippen LogP contribution in [-0.4, -0.2) is 38.2 Å². The van der Waals surface area contributed by atoms with E-state index >= 15 is 0 Å². The van der Waals surface area contributed by atoms with Crippen molar-refractivity contribution in [3.63, 3.8) is 0 Å². The second kappa shape index (κ2) is 11.5. The molecule has 0 fully saturated rings. The highest BCUT2D eigenvalue weighted by Gasteiger charge is 1.89. The molecule has 0 spiro atoms. The summed E-state index contributed by atoms with van der Waals surface area (Å²) in [6, 6.07) is 0. The Kier molecular flexibility index (Phi) is 12.0. The van der Waals surface area contributed by atoms with Crippen molar-refractivity contribution in [1.82, 2.24) is 0 Å². The summed E-state index contributed by atoms with van der Waals surface area (Å²) >= 11 is 10.8. The van der Waals surface area contributed by atoms with Gasteiger partial charge in [-0.15, -0.1) is 23.2 Å². The third kappa shape index (κ3) is 10.5. The van der Waals surface area contributed by atoms with Crippen LogP contribution in [0.1, 0.15) is 12.8 Å². The van der Waals surface area contributed by atoms with Gasteiger partial charge in [-0.1, -0.05) is 0 Å². The highest BCUT2D eigenvalue weighted by molar-refractivity contribution is 6.18. The number of hydrogen-bond donors (Lipinski definition) is 0. The van der Waals surface area contributed by atoms with Crippen molar-refractivity contribution in [3.05, 3.63) is 0 Å². The van der Waals surface area contributed by atoms with E-state index in [2.05, 4.69) is 0 Å². The van der Waals surface area contributed by atoms with E-state index in [1.165, 1.54) is 0 Å². The van der Waals surface area contributed by atoms with Gasteiger partial charge in [0.1, 0.15) is 0 Å². The summed E-state index contributed by atoms with van der Waals surface area (Å²) in [7, 11) is 0. The lowest BCUT2D eigenvalue weighted by Crippen LogP contribution is -2.01. The van der Waals surface area contributed by atoms with Crippen molar-refractivity contribution in [1.29, 1.82) is 0 Å². The lowest BCUT2D eigenvalue weighted by Gasteiger charge is -2.02. The van der Waals surface area contributed by atoms with Crippen LogP contribution in [0.5, 0.6) is 0 Å². The van der Waals surface area contributed by atoms with Gasteiger partial charge in [-0.05, 0) is 12.8 Å². The molecule has 0 atom stereocenters. The zero-order valence-electron chi connectivity index (χ0n) is 7.23. The molecule has 0 amide bonds. The van der Waals surface area contributed by atoms with Crippen LogP contribution < -0.4 is 0 Å². The lowest BCUT2D eigenvalue weighted by molar-refractivity contribution is 0.116. The standard InChI is InChI=1S/C8H16Cl2O2/c9-3-7-11-5-1-2-6-12-8-4-10/h1-8H2. The Morgan fingerprint density at radius 3 is 1.42 bits per heavy atom. The summed E-state index contributed by atoms with van der Waals surface area (Å²) < 4.78 is 10.4. The number of halogens is 2. The first kappa shape index (κ1) is 12.5. The Morgan fingerprint density at radius 1 is 0.667 bits per heavy atom. The smallest absolute Gasteiger partial charge is 0.0601 e. The van der Waals surface area contributed by atoms with Crippen LogP contribution >= 0.6 is 23.2 Å². The van der Waals surface area contributed by atoms with E-state index in [-0.39, 0.29) is 0 Å². The van der Waals surface area contributed by atoms with Crippen LogP contribution in [0, 0.1) is 0 Å². The Balaban J connectivity index is 2.73. The van der Waals surface area contributed by atoms with E-state index < -0.39 is 0 Å². The highest BCUT2D eigenvalue weighted by Crippen LogP contribution is 1.92. The maximum Gasteiger partial charge on any atom is 0.0601 e. The fourth-order valence-electron chi connectivity index (χ4n) is 0.721. The van der Waals surface area contributed by atoms with E-state index in [0.717, 1.165) is 26.1 Å². The minimum atomic E-state index is 0.572. The van der Waals surface area contributed by atoms with Gasteiger partial charge in [0.2, 0.25) is 0 Å². The highest BCUT2D eigenvalue weighted by atomic mass is 35.5. The van der Waals surface area contributed by atoms with E-state index in [1.807, 2.05) is 0 Å². The molecular weight excluding hydrogens is 199 g/mol. The van der Waals surface area contributed by atoms with Crippen LogP contribution in [0.25, 0.3) is 0 Å². The van der Waals surface area contributed by atoms with Crippen molar-refractivity contribution in [3.8, 4) is 0 Å². The maximum absolute atomic E-state index is 5.42. The first-order chi connectivity index (χ1) is 5.91. The fraction of sp³-hybridized carbons (Fsp3) is 1.00. The summed E-state index contributed by atoms with van der Waals surface area (Å²) in [5.41, 5.74) is 0. The van der Waals surface area contributed by atoms with Gasteiger partial charge in [0, 0.05) is 25.0 Å². The zero-order valence-corrected chi connectivity index (χ0v) is 8.74. The molecule has 0 aromatic carbocycles. The van der Waals surface area contributed by atoms with Gasteiger partial charge in [-0.25, -0.2) is 0 Å². The van der Waals surface area contributed by atoms with Gasteiger partial charge in [-0.3, -0.25) is 0 Å². The fourth-order valence-corrected chi connectivity index (χ4v) is 0.940. The van der Waals surface area contributed by atoms with E-state index in [9.17, 15) is 0 Å². The molecule has 2 nitrogen and oxygen atoms in total. The second-order valence-corrected chi connectivity index (χ2v) is 3.07. The molecule has 0 aliphatic heterocycles. The van der Waals surface area contributed by atoms with Crippen LogP contribution in [0.3, 0.4) is 0 Å². The molecule has 0 rings (SSSR count). The van der Waals surface area contributed by atoms with Gasteiger partial charge >= 0.3 is 0 Å². The molecular formula is C8H16Cl2O2. The summed E-state index contributed by atoms with van der Waals surface area (Å²) in [5.74, 6) is 1.14. The summed E-state index contributed by atoms with van der Waals surface area (Å²) in [6.45, 7) is 2.84. The largest absolute Gasteiger partial charge is 0.380 e. The molecule has 0 unspecified atom stereocenters. The predicted molar refractivity (Wildman–Crippen MR) is 52.3 cm³/mol. The average molecular weight is 215 g/mol. The second-order valence-electron chi connectivity index (χ2n) is 2.31. The molecule has 0 heterocycles. The van der Waals surface area contributed by atoms with Crippen molar-refractivity contribution < 1.29 is 9.47 Å².